The number of hydrogen-bond donors (Lipinski definition) is 1. The average molecular weight is 255 g/mol. The van der Waals surface area contributed by atoms with Gasteiger partial charge in [0.05, 0.1) is 11.2 Å². The van der Waals surface area contributed by atoms with Crippen LogP contribution in [0.1, 0.15) is 18.5 Å². The van der Waals surface area contributed by atoms with Crippen molar-refractivity contribution >= 4 is 10.9 Å². The lowest BCUT2D eigenvalue weighted by Crippen LogP contribution is -2.43. The van der Waals surface area contributed by atoms with Crippen molar-refractivity contribution in [2.75, 3.05) is 20.1 Å². The molecule has 100 valence electrons. The monoisotopic (exact) mass is 255 g/mol. The molecule has 3 heteroatoms. The molecule has 1 aromatic heterocycles. The van der Waals surface area contributed by atoms with E-state index >= 15 is 0 Å². The van der Waals surface area contributed by atoms with Gasteiger partial charge in [0.2, 0.25) is 0 Å². The maximum absolute atomic E-state index is 4.70. The van der Waals surface area contributed by atoms with Gasteiger partial charge in [-0.25, -0.2) is 0 Å². The summed E-state index contributed by atoms with van der Waals surface area (Å²) in [6.07, 6.45) is 2.57. The van der Waals surface area contributed by atoms with Crippen LogP contribution in [0.25, 0.3) is 10.9 Å². The summed E-state index contributed by atoms with van der Waals surface area (Å²) in [6, 6.07) is 13.2. The van der Waals surface area contributed by atoms with Gasteiger partial charge in [-0.15, -0.1) is 0 Å². The van der Waals surface area contributed by atoms with Gasteiger partial charge in [-0.2, -0.15) is 0 Å². The Labute approximate surface area is 114 Å². The van der Waals surface area contributed by atoms with E-state index in [-0.39, 0.29) is 0 Å². The molecular formula is C16H21N3. The lowest BCUT2D eigenvalue weighted by atomic mass is 10.1. The van der Waals surface area contributed by atoms with Gasteiger partial charge in [-0.05, 0) is 38.6 Å². The molecule has 1 saturated heterocycles. The van der Waals surface area contributed by atoms with Crippen molar-refractivity contribution in [3.05, 3.63) is 42.1 Å². The van der Waals surface area contributed by atoms with Crippen molar-refractivity contribution in [2.45, 2.75) is 25.4 Å². The molecule has 1 aliphatic heterocycles. The van der Waals surface area contributed by atoms with Gasteiger partial charge in [-0.1, -0.05) is 24.3 Å². The quantitative estimate of drug-likeness (QED) is 0.913. The zero-order chi connectivity index (χ0) is 13.1. The fraction of sp³-hybridized carbons (Fsp3) is 0.438. The molecule has 1 unspecified atom stereocenters. The highest BCUT2D eigenvalue weighted by Gasteiger charge is 2.16. The molecule has 0 aliphatic carbocycles. The second-order valence-electron chi connectivity index (χ2n) is 5.48. The maximum atomic E-state index is 4.70. The van der Waals surface area contributed by atoms with Crippen molar-refractivity contribution in [1.82, 2.24) is 15.2 Å². The smallest absolute Gasteiger partial charge is 0.0705 e. The van der Waals surface area contributed by atoms with Crippen molar-refractivity contribution in [1.29, 1.82) is 0 Å². The molecule has 0 spiro atoms. The SMILES string of the molecule is CN1CCCC(NCc2ccc3ccccc3n2)C1. The van der Waals surface area contributed by atoms with Crippen LogP contribution in [0.4, 0.5) is 0 Å². The van der Waals surface area contributed by atoms with E-state index in [4.69, 9.17) is 4.98 Å². The number of piperidine rings is 1. The van der Waals surface area contributed by atoms with Gasteiger partial charge in [0.25, 0.3) is 0 Å². The van der Waals surface area contributed by atoms with Crippen LogP contribution >= 0.6 is 0 Å². The first-order valence-electron chi connectivity index (χ1n) is 7.08. The fourth-order valence-corrected chi connectivity index (χ4v) is 2.79. The maximum Gasteiger partial charge on any atom is 0.0705 e. The minimum absolute atomic E-state index is 0.604. The van der Waals surface area contributed by atoms with Crippen LogP contribution in [-0.4, -0.2) is 36.1 Å². The number of para-hydroxylation sites is 1. The summed E-state index contributed by atoms with van der Waals surface area (Å²) in [5.41, 5.74) is 2.22. The predicted molar refractivity (Wildman–Crippen MR) is 79.1 cm³/mol. The number of aromatic nitrogens is 1. The van der Waals surface area contributed by atoms with E-state index in [1.165, 1.54) is 24.8 Å². The Balaban J connectivity index is 1.64. The molecule has 3 rings (SSSR count). The number of pyridine rings is 1. The van der Waals surface area contributed by atoms with E-state index in [0.29, 0.717) is 6.04 Å². The standard InChI is InChI=1S/C16H21N3/c1-19-10-4-6-15(12-19)17-11-14-9-8-13-5-2-3-7-16(13)18-14/h2-3,5,7-9,15,17H,4,6,10-12H2,1H3. The van der Waals surface area contributed by atoms with Gasteiger partial charge in [0, 0.05) is 24.5 Å². The molecule has 0 saturated carbocycles. The fourth-order valence-electron chi connectivity index (χ4n) is 2.79. The Kier molecular flexibility index (Phi) is 3.76. The molecule has 2 aromatic rings. The third-order valence-electron chi connectivity index (χ3n) is 3.85. The van der Waals surface area contributed by atoms with Crippen LogP contribution in [0.3, 0.4) is 0 Å². The Bertz CT molecular complexity index is 552. The number of rotatable bonds is 3. The molecule has 1 aliphatic rings. The molecular weight excluding hydrogens is 234 g/mol. The molecule has 1 N–H and O–H groups in total. The number of likely N-dealkylation sites (tertiary alicyclic amines) is 1. The topological polar surface area (TPSA) is 28.2 Å². The van der Waals surface area contributed by atoms with Gasteiger partial charge < -0.3 is 10.2 Å². The Morgan fingerprint density at radius 3 is 3.05 bits per heavy atom. The van der Waals surface area contributed by atoms with Crippen LogP contribution in [0.2, 0.25) is 0 Å². The molecule has 0 bridgehead atoms. The second kappa shape index (κ2) is 5.68. The Morgan fingerprint density at radius 1 is 1.26 bits per heavy atom. The van der Waals surface area contributed by atoms with E-state index in [1.807, 2.05) is 6.07 Å². The van der Waals surface area contributed by atoms with E-state index < -0.39 is 0 Å². The van der Waals surface area contributed by atoms with E-state index in [0.717, 1.165) is 24.3 Å². The predicted octanol–water partition coefficient (Wildman–Crippen LogP) is 2.42. The van der Waals surface area contributed by atoms with E-state index in [2.05, 4.69) is 47.6 Å². The van der Waals surface area contributed by atoms with Gasteiger partial charge in [0.1, 0.15) is 0 Å². The molecule has 1 fully saturated rings. The number of benzene rings is 1. The summed E-state index contributed by atoms with van der Waals surface area (Å²) in [4.78, 5) is 7.10. The van der Waals surface area contributed by atoms with Crippen LogP contribution in [0.5, 0.6) is 0 Å². The van der Waals surface area contributed by atoms with Gasteiger partial charge in [0.15, 0.2) is 0 Å². The molecule has 3 nitrogen and oxygen atoms in total. The molecule has 1 atom stereocenters. The third-order valence-corrected chi connectivity index (χ3v) is 3.85. The van der Waals surface area contributed by atoms with Crippen molar-refractivity contribution in [2.24, 2.45) is 0 Å². The first-order valence-corrected chi connectivity index (χ1v) is 7.08. The summed E-state index contributed by atoms with van der Waals surface area (Å²) < 4.78 is 0. The minimum Gasteiger partial charge on any atom is -0.307 e. The highest BCUT2D eigenvalue weighted by Crippen LogP contribution is 2.13. The van der Waals surface area contributed by atoms with Crippen LogP contribution in [-0.2, 0) is 6.54 Å². The zero-order valence-corrected chi connectivity index (χ0v) is 11.5. The number of nitrogens with zero attached hydrogens (tertiary/aromatic N) is 2. The first kappa shape index (κ1) is 12.6. The Hall–Kier alpha value is -1.45. The van der Waals surface area contributed by atoms with Crippen molar-refractivity contribution < 1.29 is 0 Å². The Morgan fingerprint density at radius 2 is 2.16 bits per heavy atom. The first-order chi connectivity index (χ1) is 9.31. The largest absolute Gasteiger partial charge is 0.307 e. The van der Waals surface area contributed by atoms with Crippen LogP contribution in [0.15, 0.2) is 36.4 Å². The number of fused-ring (bicyclic) bond motifs is 1. The highest BCUT2D eigenvalue weighted by atomic mass is 15.1. The molecule has 2 heterocycles. The average Bonchev–Trinajstić information content (AvgIpc) is 2.45. The van der Waals surface area contributed by atoms with Gasteiger partial charge in [-0.3, -0.25) is 4.98 Å². The van der Waals surface area contributed by atoms with Crippen molar-refractivity contribution in [3.63, 3.8) is 0 Å². The number of nitrogens with one attached hydrogen (secondary N) is 1. The van der Waals surface area contributed by atoms with Gasteiger partial charge >= 0.3 is 0 Å². The summed E-state index contributed by atoms with van der Waals surface area (Å²) in [5.74, 6) is 0. The second-order valence-corrected chi connectivity index (χ2v) is 5.48. The normalized spacial score (nSPS) is 20.8. The molecule has 0 amide bonds. The number of hydrogen-bond acceptors (Lipinski definition) is 3. The lowest BCUT2D eigenvalue weighted by Gasteiger charge is -2.30. The lowest BCUT2D eigenvalue weighted by molar-refractivity contribution is 0.226. The van der Waals surface area contributed by atoms with E-state index in [9.17, 15) is 0 Å². The molecule has 0 radical (unpaired) electrons. The zero-order valence-electron chi connectivity index (χ0n) is 11.5. The summed E-state index contributed by atoms with van der Waals surface area (Å²) >= 11 is 0. The third kappa shape index (κ3) is 3.11. The minimum atomic E-state index is 0.604. The van der Waals surface area contributed by atoms with E-state index in [1.54, 1.807) is 0 Å². The molecule has 19 heavy (non-hydrogen) atoms. The highest BCUT2D eigenvalue weighted by molar-refractivity contribution is 5.78. The summed E-state index contributed by atoms with van der Waals surface area (Å²) in [6.45, 7) is 3.24. The summed E-state index contributed by atoms with van der Waals surface area (Å²) in [7, 11) is 2.20. The van der Waals surface area contributed by atoms with Crippen molar-refractivity contribution in [3.8, 4) is 0 Å². The number of likely N-dealkylation sites (N-methyl/N-ethyl adjacent to an activating group) is 1. The van der Waals surface area contributed by atoms with Crippen LogP contribution < -0.4 is 5.32 Å². The van der Waals surface area contributed by atoms with Crippen LogP contribution in [0, 0.1) is 0 Å². The summed E-state index contributed by atoms with van der Waals surface area (Å²) in [5, 5.41) is 4.84. The molecule has 1 aromatic carbocycles.